The first-order valence-electron chi connectivity index (χ1n) is 8.10. The number of rotatable bonds is 3. The van der Waals surface area contributed by atoms with Crippen molar-refractivity contribution in [3.8, 4) is 11.1 Å². The number of fused-ring (bicyclic) bond motifs is 1. The molecule has 5 heteroatoms. The minimum atomic E-state index is -0.0524. The molecule has 0 aliphatic carbocycles. The smallest absolute Gasteiger partial charge is 0.250 e. The van der Waals surface area contributed by atoms with Gasteiger partial charge in [0.1, 0.15) is 5.76 Å². The van der Waals surface area contributed by atoms with Crippen LogP contribution in [0.3, 0.4) is 0 Å². The third kappa shape index (κ3) is 2.74. The summed E-state index contributed by atoms with van der Waals surface area (Å²) in [6.45, 7) is 4.24. The Morgan fingerprint density at radius 3 is 2.72 bits per heavy atom. The van der Waals surface area contributed by atoms with Crippen LogP contribution in [-0.2, 0) is 6.54 Å². The maximum atomic E-state index is 12.4. The van der Waals surface area contributed by atoms with Gasteiger partial charge < -0.3 is 9.09 Å². The molecule has 1 aromatic carbocycles. The summed E-state index contributed by atoms with van der Waals surface area (Å²) < 4.78 is 6.95. The first-order valence-corrected chi connectivity index (χ1v) is 8.10. The normalized spacial score (nSPS) is 11.1. The SMILES string of the molecule is Cc1noc(C)c1-c1ccc(=O)n(Cc2cccc3cccnc23)c1. The van der Waals surface area contributed by atoms with Gasteiger partial charge >= 0.3 is 0 Å². The molecule has 0 radical (unpaired) electrons. The minimum absolute atomic E-state index is 0.0524. The Morgan fingerprint density at radius 1 is 1.08 bits per heavy atom. The van der Waals surface area contributed by atoms with Gasteiger partial charge in [0.05, 0.1) is 17.8 Å². The van der Waals surface area contributed by atoms with Crippen molar-refractivity contribution in [2.75, 3.05) is 0 Å². The molecule has 0 aliphatic rings. The van der Waals surface area contributed by atoms with Gasteiger partial charge in [0.15, 0.2) is 0 Å². The summed E-state index contributed by atoms with van der Waals surface area (Å²) in [4.78, 5) is 16.8. The average Bonchev–Trinajstić information content (AvgIpc) is 2.96. The van der Waals surface area contributed by atoms with Crippen LogP contribution < -0.4 is 5.56 Å². The quantitative estimate of drug-likeness (QED) is 0.574. The van der Waals surface area contributed by atoms with E-state index in [1.807, 2.05) is 56.4 Å². The summed E-state index contributed by atoms with van der Waals surface area (Å²) in [5, 5.41) is 5.06. The first kappa shape index (κ1) is 15.3. The van der Waals surface area contributed by atoms with Crippen molar-refractivity contribution in [1.29, 1.82) is 0 Å². The Kier molecular flexibility index (Phi) is 3.69. The predicted octanol–water partition coefficient (Wildman–Crippen LogP) is 3.72. The van der Waals surface area contributed by atoms with Crippen LogP contribution in [0, 0.1) is 13.8 Å². The molecule has 0 atom stereocenters. The van der Waals surface area contributed by atoms with Crippen molar-refractivity contribution < 1.29 is 4.52 Å². The highest BCUT2D eigenvalue weighted by molar-refractivity contribution is 5.81. The van der Waals surface area contributed by atoms with Crippen molar-refractivity contribution in [2.45, 2.75) is 20.4 Å². The van der Waals surface area contributed by atoms with Crippen molar-refractivity contribution in [3.05, 3.63) is 82.2 Å². The highest BCUT2D eigenvalue weighted by atomic mass is 16.5. The Bertz CT molecular complexity index is 1100. The Morgan fingerprint density at radius 2 is 1.92 bits per heavy atom. The van der Waals surface area contributed by atoms with E-state index in [9.17, 15) is 4.79 Å². The molecule has 3 heterocycles. The highest BCUT2D eigenvalue weighted by Gasteiger charge is 2.13. The van der Waals surface area contributed by atoms with Crippen molar-refractivity contribution in [3.63, 3.8) is 0 Å². The van der Waals surface area contributed by atoms with E-state index in [-0.39, 0.29) is 5.56 Å². The summed E-state index contributed by atoms with van der Waals surface area (Å²) in [6.07, 6.45) is 3.63. The van der Waals surface area contributed by atoms with E-state index in [4.69, 9.17) is 4.52 Å². The van der Waals surface area contributed by atoms with Gasteiger partial charge in [-0.2, -0.15) is 0 Å². The minimum Gasteiger partial charge on any atom is -0.361 e. The zero-order valence-corrected chi connectivity index (χ0v) is 14.1. The first-order chi connectivity index (χ1) is 12.1. The van der Waals surface area contributed by atoms with Crippen LogP contribution in [0.1, 0.15) is 17.0 Å². The second-order valence-electron chi connectivity index (χ2n) is 6.08. The fraction of sp³-hybridized carbons (Fsp3) is 0.150. The maximum Gasteiger partial charge on any atom is 0.250 e. The molecule has 124 valence electrons. The van der Waals surface area contributed by atoms with Crippen molar-refractivity contribution >= 4 is 10.9 Å². The molecule has 3 aromatic heterocycles. The Hall–Kier alpha value is -3.21. The summed E-state index contributed by atoms with van der Waals surface area (Å²) in [6, 6.07) is 13.3. The summed E-state index contributed by atoms with van der Waals surface area (Å²) in [5.41, 5.74) is 4.54. The fourth-order valence-electron chi connectivity index (χ4n) is 3.18. The predicted molar refractivity (Wildman–Crippen MR) is 96.5 cm³/mol. The number of benzene rings is 1. The summed E-state index contributed by atoms with van der Waals surface area (Å²) >= 11 is 0. The number of aryl methyl sites for hydroxylation is 2. The van der Waals surface area contributed by atoms with Crippen LogP contribution in [0.15, 0.2) is 64.2 Å². The molecule has 0 saturated carbocycles. The van der Waals surface area contributed by atoms with Crippen molar-refractivity contribution in [2.24, 2.45) is 0 Å². The van der Waals surface area contributed by atoms with E-state index in [1.54, 1.807) is 16.8 Å². The molecule has 0 bridgehead atoms. The summed E-state index contributed by atoms with van der Waals surface area (Å²) in [5.74, 6) is 0.745. The van der Waals surface area contributed by atoms with Gasteiger partial charge in [0.25, 0.3) is 5.56 Å². The lowest BCUT2D eigenvalue weighted by molar-refractivity contribution is 0.393. The lowest BCUT2D eigenvalue weighted by Gasteiger charge is -2.10. The molecule has 0 aliphatic heterocycles. The third-order valence-electron chi connectivity index (χ3n) is 4.36. The van der Waals surface area contributed by atoms with Crippen LogP contribution in [-0.4, -0.2) is 14.7 Å². The monoisotopic (exact) mass is 331 g/mol. The van der Waals surface area contributed by atoms with Gasteiger partial charge in [-0.15, -0.1) is 0 Å². The van der Waals surface area contributed by atoms with Crippen molar-refractivity contribution in [1.82, 2.24) is 14.7 Å². The molecule has 0 N–H and O–H groups in total. The number of hydrogen-bond donors (Lipinski definition) is 0. The zero-order valence-electron chi connectivity index (χ0n) is 14.1. The van der Waals surface area contributed by atoms with Gasteiger partial charge in [-0.25, -0.2) is 0 Å². The molecule has 0 saturated heterocycles. The number of hydrogen-bond acceptors (Lipinski definition) is 4. The molecule has 0 fully saturated rings. The van der Waals surface area contributed by atoms with Crippen LogP contribution in [0.25, 0.3) is 22.0 Å². The molecular weight excluding hydrogens is 314 g/mol. The number of para-hydroxylation sites is 1. The van der Waals surface area contributed by atoms with Gasteiger partial charge in [0.2, 0.25) is 0 Å². The van der Waals surface area contributed by atoms with Gasteiger partial charge in [-0.1, -0.05) is 29.4 Å². The topological polar surface area (TPSA) is 60.9 Å². The van der Waals surface area contributed by atoms with Crippen LogP contribution >= 0.6 is 0 Å². The van der Waals surface area contributed by atoms with Gasteiger partial charge in [-0.05, 0) is 31.5 Å². The highest BCUT2D eigenvalue weighted by Crippen LogP contribution is 2.26. The van der Waals surface area contributed by atoms with E-state index in [0.717, 1.165) is 39.0 Å². The molecule has 4 aromatic rings. The lowest BCUT2D eigenvalue weighted by atomic mass is 10.1. The molecule has 5 nitrogen and oxygen atoms in total. The Balaban J connectivity index is 1.81. The standard InChI is InChI=1S/C20H17N3O2/c1-13-19(14(2)25-22-13)16-8-9-18(24)23(11-16)12-17-6-3-5-15-7-4-10-21-20(15)17/h3-11H,12H2,1-2H3. The average molecular weight is 331 g/mol. The molecule has 0 amide bonds. The Labute approximate surface area is 144 Å². The van der Waals surface area contributed by atoms with E-state index >= 15 is 0 Å². The summed E-state index contributed by atoms with van der Waals surface area (Å²) in [7, 11) is 0. The molecular formula is C20H17N3O2. The van der Waals surface area contributed by atoms with E-state index < -0.39 is 0 Å². The molecule has 0 unspecified atom stereocenters. The number of aromatic nitrogens is 3. The zero-order chi connectivity index (χ0) is 17.4. The van der Waals surface area contributed by atoms with E-state index in [1.165, 1.54) is 0 Å². The largest absolute Gasteiger partial charge is 0.361 e. The van der Waals surface area contributed by atoms with Crippen LogP contribution in [0.2, 0.25) is 0 Å². The molecule has 4 rings (SSSR count). The second-order valence-corrected chi connectivity index (χ2v) is 6.08. The lowest BCUT2D eigenvalue weighted by Crippen LogP contribution is -2.19. The van der Waals surface area contributed by atoms with E-state index in [2.05, 4.69) is 10.1 Å². The third-order valence-corrected chi connectivity index (χ3v) is 4.36. The number of nitrogens with zero attached hydrogens (tertiary/aromatic N) is 3. The molecule has 0 spiro atoms. The van der Waals surface area contributed by atoms with Crippen LogP contribution in [0.5, 0.6) is 0 Å². The second kappa shape index (κ2) is 6.02. The van der Waals surface area contributed by atoms with Crippen LogP contribution in [0.4, 0.5) is 0 Å². The van der Waals surface area contributed by atoms with E-state index in [0.29, 0.717) is 6.54 Å². The number of pyridine rings is 2. The van der Waals surface area contributed by atoms with Gasteiger partial charge in [0, 0.05) is 35.0 Å². The molecule has 25 heavy (non-hydrogen) atoms. The fourth-order valence-corrected chi connectivity index (χ4v) is 3.18. The van der Waals surface area contributed by atoms with Gasteiger partial charge in [-0.3, -0.25) is 9.78 Å². The maximum absolute atomic E-state index is 12.4.